The molecule has 0 aromatic heterocycles. The third-order valence-electron chi connectivity index (χ3n) is 1.28. The van der Waals surface area contributed by atoms with Crippen LogP contribution in [0, 0.1) is 0 Å². The van der Waals surface area contributed by atoms with E-state index in [1.807, 2.05) is 0 Å². The van der Waals surface area contributed by atoms with Gasteiger partial charge in [0, 0.05) is 13.3 Å². The molecule has 72 valence electrons. The number of alkyl halides is 2. The van der Waals surface area contributed by atoms with Gasteiger partial charge in [0.25, 0.3) is 11.9 Å². The van der Waals surface area contributed by atoms with Gasteiger partial charge >= 0.3 is 0 Å². The lowest BCUT2D eigenvalue weighted by atomic mass is 10.1. The Bertz CT molecular complexity index is 138. The first-order valence-corrected chi connectivity index (χ1v) is 3.72. The molecule has 0 spiro atoms. The molecule has 12 heavy (non-hydrogen) atoms. The Kier molecular flexibility index (Phi) is 4.73. The van der Waals surface area contributed by atoms with Gasteiger partial charge in [0.05, 0.1) is 6.54 Å². The molecule has 1 heterocycles. The highest BCUT2D eigenvalue weighted by molar-refractivity contribution is 5.62. The second-order valence-corrected chi connectivity index (χ2v) is 2.66. The summed E-state index contributed by atoms with van der Waals surface area (Å²) in [6.07, 6.45) is 0.660. The zero-order valence-electron chi connectivity index (χ0n) is 6.94. The SMILES string of the molecule is CC(=O)O.FC1(F)CCCNC1. The molecule has 0 aromatic carbocycles. The van der Waals surface area contributed by atoms with Gasteiger partial charge in [-0.05, 0) is 13.0 Å². The molecule has 1 rings (SSSR count). The van der Waals surface area contributed by atoms with Gasteiger partial charge in [-0.15, -0.1) is 0 Å². The van der Waals surface area contributed by atoms with Crippen molar-refractivity contribution in [3.8, 4) is 0 Å². The number of carboxylic acids is 1. The first-order chi connectivity index (χ1) is 5.44. The van der Waals surface area contributed by atoms with Gasteiger partial charge in [-0.3, -0.25) is 4.79 Å². The fourth-order valence-corrected chi connectivity index (χ4v) is 0.832. The number of hydrogen-bond donors (Lipinski definition) is 2. The van der Waals surface area contributed by atoms with Crippen LogP contribution in [0.4, 0.5) is 8.78 Å². The summed E-state index contributed by atoms with van der Waals surface area (Å²) in [6, 6.07) is 0. The molecule has 0 aromatic rings. The summed E-state index contributed by atoms with van der Waals surface area (Å²) in [7, 11) is 0. The predicted octanol–water partition coefficient (Wildman–Crippen LogP) is 1.10. The molecule has 0 unspecified atom stereocenters. The minimum atomic E-state index is -2.43. The number of rotatable bonds is 0. The quantitative estimate of drug-likeness (QED) is 0.588. The van der Waals surface area contributed by atoms with E-state index >= 15 is 0 Å². The van der Waals surface area contributed by atoms with Crippen molar-refractivity contribution < 1.29 is 18.7 Å². The molecule has 1 fully saturated rings. The number of aliphatic carboxylic acids is 1. The van der Waals surface area contributed by atoms with Crippen molar-refractivity contribution in [2.24, 2.45) is 0 Å². The monoisotopic (exact) mass is 181 g/mol. The predicted molar refractivity (Wildman–Crippen MR) is 40.4 cm³/mol. The van der Waals surface area contributed by atoms with Gasteiger partial charge in [0.15, 0.2) is 0 Å². The van der Waals surface area contributed by atoms with Crippen molar-refractivity contribution >= 4 is 5.97 Å². The number of nitrogens with one attached hydrogen (secondary N) is 1. The molecule has 3 nitrogen and oxygen atoms in total. The number of carboxylic acid groups (broad SMARTS) is 1. The Morgan fingerprint density at radius 1 is 1.58 bits per heavy atom. The van der Waals surface area contributed by atoms with Gasteiger partial charge in [-0.25, -0.2) is 8.78 Å². The lowest BCUT2D eigenvalue weighted by Crippen LogP contribution is -2.38. The van der Waals surface area contributed by atoms with Crippen LogP contribution in [0.1, 0.15) is 19.8 Å². The third kappa shape index (κ3) is 7.40. The highest BCUT2D eigenvalue weighted by Gasteiger charge is 2.30. The number of halogens is 2. The molecule has 0 aliphatic carbocycles. The zero-order chi connectivity index (χ0) is 9.61. The summed E-state index contributed by atoms with van der Waals surface area (Å²) < 4.78 is 24.3. The molecule has 1 saturated heterocycles. The average molecular weight is 181 g/mol. The second kappa shape index (κ2) is 5.03. The fraction of sp³-hybridized carbons (Fsp3) is 0.857. The van der Waals surface area contributed by atoms with Crippen LogP contribution < -0.4 is 5.32 Å². The van der Waals surface area contributed by atoms with E-state index in [9.17, 15) is 8.78 Å². The summed E-state index contributed by atoms with van der Waals surface area (Å²) in [4.78, 5) is 9.00. The molecule has 2 N–H and O–H groups in total. The van der Waals surface area contributed by atoms with Gasteiger partial charge in [-0.2, -0.15) is 0 Å². The standard InChI is InChI=1S/C5H9F2N.C2H4O2/c6-5(7)2-1-3-8-4-5;1-2(3)4/h8H,1-4H2;1H3,(H,3,4). The zero-order valence-corrected chi connectivity index (χ0v) is 6.94. The molecule has 1 aliphatic rings. The number of hydrogen-bond acceptors (Lipinski definition) is 2. The van der Waals surface area contributed by atoms with Crippen molar-refractivity contribution in [3.05, 3.63) is 0 Å². The summed E-state index contributed by atoms with van der Waals surface area (Å²) >= 11 is 0. The van der Waals surface area contributed by atoms with Crippen LogP contribution in [0.15, 0.2) is 0 Å². The molecule has 0 bridgehead atoms. The smallest absolute Gasteiger partial charge is 0.300 e. The summed E-state index contributed by atoms with van der Waals surface area (Å²) in [6.45, 7) is 1.70. The van der Waals surface area contributed by atoms with Crippen molar-refractivity contribution in [2.45, 2.75) is 25.7 Å². The first kappa shape index (κ1) is 11.3. The van der Waals surface area contributed by atoms with Gasteiger partial charge < -0.3 is 10.4 Å². The Balaban J connectivity index is 0.000000261. The maximum Gasteiger partial charge on any atom is 0.300 e. The Labute approximate surface area is 69.8 Å². The van der Waals surface area contributed by atoms with Crippen molar-refractivity contribution in [1.82, 2.24) is 5.32 Å². The van der Waals surface area contributed by atoms with Crippen LogP contribution in [-0.2, 0) is 4.79 Å². The van der Waals surface area contributed by atoms with Gasteiger partial charge in [0.2, 0.25) is 0 Å². The summed E-state index contributed by atoms with van der Waals surface area (Å²) in [5.74, 6) is -3.27. The van der Waals surface area contributed by atoms with Gasteiger partial charge in [-0.1, -0.05) is 0 Å². The highest BCUT2D eigenvalue weighted by atomic mass is 19.3. The minimum absolute atomic E-state index is 0.0556. The van der Waals surface area contributed by atoms with E-state index in [4.69, 9.17) is 9.90 Å². The summed E-state index contributed by atoms with van der Waals surface area (Å²) in [5, 5.41) is 10.0. The van der Waals surface area contributed by atoms with Gasteiger partial charge in [0.1, 0.15) is 0 Å². The molecular formula is C7H13F2NO2. The van der Waals surface area contributed by atoms with E-state index in [0.29, 0.717) is 6.42 Å². The molecule has 1 aliphatic heterocycles. The van der Waals surface area contributed by atoms with Crippen molar-refractivity contribution in [1.29, 1.82) is 0 Å². The second-order valence-electron chi connectivity index (χ2n) is 2.66. The van der Waals surface area contributed by atoms with Crippen LogP contribution in [0.25, 0.3) is 0 Å². The molecular weight excluding hydrogens is 168 g/mol. The normalized spacial score (nSPS) is 20.6. The third-order valence-corrected chi connectivity index (χ3v) is 1.28. The number of piperidine rings is 1. The van der Waals surface area contributed by atoms with Crippen LogP contribution in [0.2, 0.25) is 0 Å². The lowest BCUT2D eigenvalue weighted by Gasteiger charge is -2.21. The molecule has 0 amide bonds. The van der Waals surface area contributed by atoms with Crippen LogP contribution in [0.5, 0.6) is 0 Å². The van der Waals surface area contributed by atoms with Crippen molar-refractivity contribution in [2.75, 3.05) is 13.1 Å². The molecule has 0 saturated carbocycles. The van der Waals surface area contributed by atoms with Crippen LogP contribution >= 0.6 is 0 Å². The van der Waals surface area contributed by atoms with E-state index < -0.39 is 11.9 Å². The van der Waals surface area contributed by atoms with E-state index in [0.717, 1.165) is 13.5 Å². The Hall–Kier alpha value is -0.710. The summed E-state index contributed by atoms with van der Waals surface area (Å²) in [5.41, 5.74) is 0. The Morgan fingerprint density at radius 2 is 2.08 bits per heavy atom. The van der Waals surface area contributed by atoms with E-state index in [1.165, 1.54) is 0 Å². The van der Waals surface area contributed by atoms with Crippen LogP contribution in [-0.4, -0.2) is 30.1 Å². The minimum Gasteiger partial charge on any atom is -0.481 e. The lowest BCUT2D eigenvalue weighted by molar-refractivity contribution is -0.134. The van der Waals surface area contributed by atoms with E-state index in [1.54, 1.807) is 0 Å². The molecule has 5 heteroatoms. The van der Waals surface area contributed by atoms with Crippen molar-refractivity contribution in [3.63, 3.8) is 0 Å². The maximum absolute atomic E-state index is 12.1. The molecule has 0 atom stereocenters. The van der Waals surface area contributed by atoms with E-state index in [-0.39, 0.29) is 13.0 Å². The Morgan fingerprint density at radius 3 is 2.25 bits per heavy atom. The van der Waals surface area contributed by atoms with Crippen LogP contribution in [0.3, 0.4) is 0 Å². The average Bonchev–Trinajstić information content (AvgIpc) is 1.85. The molecule has 0 radical (unpaired) electrons. The number of carbonyl (C=O) groups is 1. The largest absolute Gasteiger partial charge is 0.481 e. The highest BCUT2D eigenvalue weighted by Crippen LogP contribution is 2.21. The first-order valence-electron chi connectivity index (χ1n) is 3.72. The topological polar surface area (TPSA) is 49.3 Å². The van der Waals surface area contributed by atoms with E-state index in [2.05, 4.69) is 5.32 Å². The fourth-order valence-electron chi connectivity index (χ4n) is 0.832. The maximum atomic E-state index is 12.1.